The minimum absolute atomic E-state index is 0.0165. The molecule has 0 aliphatic carbocycles. The molecule has 0 radical (unpaired) electrons. The van der Waals surface area contributed by atoms with E-state index in [0.717, 1.165) is 18.4 Å². The summed E-state index contributed by atoms with van der Waals surface area (Å²) in [7, 11) is 3.38. The van der Waals surface area contributed by atoms with Gasteiger partial charge in [0.15, 0.2) is 11.5 Å². The second kappa shape index (κ2) is 11.5. The van der Waals surface area contributed by atoms with Gasteiger partial charge in [0.2, 0.25) is 5.88 Å². The predicted octanol–water partition coefficient (Wildman–Crippen LogP) is 5.85. The van der Waals surface area contributed by atoms with Crippen LogP contribution in [-0.4, -0.2) is 47.0 Å². The zero-order chi connectivity index (χ0) is 26.5. The van der Waals surface area contributed by atoms with Gasteiger partial charge in [0.25, 0.3) is 5.91 Å². The topological polar surface area (TPSA) is 65.8 Å². The van der Waals surface area contributed by atoms with E-state index in [1.165, 1.54) is 12.1 Å². The van der Waals surface area contributed by atoms with Gasteiger partial charge in [0.1, 0.15) is 11.5 Å². The van der Waals surface area contributed by atoms with Crippen molar-refractivity contribution in [1.82, 2.24) is 14.7 Å². The number of ether oxygens (including phenoxy) is 3. The molecule has 7 nitrogen and oxygen atoms in total. The lowest BCUT2D eigenvalue weighted by molar-refractivity contribution is 0.0502. The Balaban J connectivity index is 1.59. The molecule has 1 aromatic heterocycles. The Morgan fingerprint density at radius 3 is 2.47 bits per heavy atom. The Labute approximate surface area is 221 Å². The highest BCUT2D eigenvalue weighted by molar-refractivity contribution is 5.94. The summed E-state index contributed by atoms with van der Waals surface area (Å²) in [5.41, 5.74) is 2.27. The van der Waals surface area contributed by atoms with E-state index in [1.54, 1.807) is 35.9 Å². The predicted molar refractivity (Wildman–Crippen MR) is 142 cm³/mol. The molecule has 38 heavy (non-hydrogen) atoms. The Morgan fingerprint density at radius 2 is 1.76 bits per heavy atom. The van der Waals surface area contributed by atoms with Crippen LogP contribution in [-0.2, 0) is 18.3 Å². The molecular weight excluding hydrogens is 485 g/mol. The highest BCUT2D eigenvalue weighted by Crippen LogP contribution is 2.37. The quantitative estimate of drug-likeness (QED) is 0.280. The van der Waals surface area contributed by atoms with E-state index in [0.29, 0.717) is 41.8 Å². The number of para-hydroxylation sites is 2. The molecule has 3 aromatic carbocycles. The van der Waals surface area contributed by atoms with Crippen LogP contribution in [0.5, 0.6) is 17.4 Å². The van der Waals surface area contributed by atoms with Crippen LogP contribution in [0.2, 0.25) is 0 Å². The fraction of sp³-hybridized carbons (Fsp3) is 0.267. The molecular formula is C30H30FN3O4. The van der Waals surface area contributed by atoms with Gasteiger partial charge in [-0.3, -0.25) is 4.79 Å². The molecule has 1 saturated heterocycles. The van der Waals surface area contributed by atoms with Crippen LogP contribution in [0, 0.1) is 5.82 Å². The highest BCUT2D eigenvalue weighted by Gasteiger charge is 2.29. The first-order chi connectivity index (χ1) is 18.5. The third-order valence-electron chi connectivity index (χ3n) is 6.60. The van der Waals surface area contributed by atoms with E-state index >= 15 is 0 Å². The van der Waals surface area contributed by atoms with Crippen molar-refractivity contribution in [2.75, 3.05) is 20.3 Å². The van der Waals surface area contributed by atoms with E-state index < -0.39 is 11.7 Å². The third kappa shape index (κ3) is 5.40. The maximum absolute atomic E-state index is 14.7. The van der Waals surface area contributed by atoms with Gasteiger partial charge in [0.05, 0.1) is 30.9 Å². The fourth-order valence-electron chi connectivity index (χ4n) is 4.71. The molecule has 8 heteroatoms. The van der Waals surface area contributed by atoms with Crippen molar-refractivity contribution in [2.24, 2.45) is 7.05 Å². The minimum Gasteiger partial charge on any atom is -0.493 e. The van der Waals surface area contributed by atoms with E-state index in [4.69, 9.17) is 19.3 Å². The van der Waals surface area contributed by atoms with Crippen LogP contribution in [0.4, 0.5) is 4.39 Å². The van der Waals surface area contributed by atoms with Gasteiger partial charge in [-0.15, -0.1) is 0 Å². The van der Waals surface area contributed by atoms with Crippen LogP contribution in [0.3, 0.4) is 0 Å². The molecule has 1 atom stereocenters. The van der Waals surface area contributed by atoms with Crippen molar-refractivity contribution in [1.29, 1.82) is 0 Å². The van der Waals surface area contributed by atoms with Gasteiger partial charge in [-0.1, -0.05) is 54.6 Å². The van der Waals surface area contributed by atoms with Crippen molar-refractivity contribution in [3.63, 3.8) is 0 Å². The molecule has 0 bridgehead atoms. The van der Waals surface area contributed by atoms with Crippen molar-refractivity contribution >= 4 is 5.91 Å². The van der Waals surface area contributed by atoms with Gasteiger partial charge in [-0.05, 0) is 37.1 Å². The number of halogens is 1. The summed E-state index contributed by atoms with van der Waals surface area (Å²) < 4.78 is 34.1. The number of methoxy groups -OCH3 is 1. The number of amides is 1. The first-order valence-electron chi connectivity index (χ1n) is 12.6. The van der Waals surface area contributed by atoms with Crippen molar-refractivity contribution in [2.45, 2.75) is 25.5 Å². The standard InChI is InChI=1S/C30H30FN3O4/c1-33-30(38-27-17-9-8-16-26(27)36-2)24(28(32-33)21-11-4-3-5-12-21)20-34(19-22-13-10-18-37-22)29(35)23-14-6-7-15-25(23)31/h3-9,11-12,14-17,22H,10,13,18-20H2,1-2H3. The highest BCUT2D eigenvalue weighted by atomic mass is 19.1. The maximum Gasteiger partial charge on any atom is 0.257 e. The summed E-state index contributed by atoms with van der Waals surface area (Å²) >= 11 is 0. The van der Waals surface area contributed by atoms with Crippen LogP contribution in [0.25, 0.3) is 11.3 Å². The summed E-state index contributed by atoms with van der Waals surface area (Å²) in [5.74, 6) is 0.580. The Kier molecular flexibility index (Phi) is 7.70. The average molecular weight is 516 g/mol. The summed E-state index contributed by atoms with van der Waals surface area (Å²) in [6, 6.07) is 23.1. The van der Waals surface area contributed by atoms with Crippen molar-refractivity contribution < 1.29 is 23.4 Å². The van der Waals surface area contributed by atoms with Gasteiger partial charge >= 0.3 is 0 Å². The zero-order valence-corrected chi connectivity index (χ0v) is 21.5. The maximum atomic E-state index is 14.7. The zero-order valence-electron chi connectivity index (χ0n) is 21.5. The molecule has 0 saturated carbocycles. The molecule has 5 rings (SSSR count). The molecule has 2 heterocycles. The van der Waals surface area contributed by atoms with Crippen molar-refractivity contribution in [3.05, 3.63) is 95.8 Å². The lowest BCUT2D eigenvalue weighted by atomic mass is 10.1. The van der Waals surface area contributed by atoms with Gasteiger partial charge in [-0.25, -0.2) is 9.07 Å². The summed E-state index contributed by atoms with van der Waals surface area (Å²) in [5, 5.41) is 4.77. The smallest absolute Gasteiger partial charge is 0.257 e. The largest absolute Gasteiger partial charge is 0.493 e. The third-order valence-corrected chi connectivity index (χ3v) is 6.60. The first kappa shape index (κ1) is 25.5. The molecule has 4 aromatic rings. The normalized spacial score (nSPS) is 14.9. The van der Waals surface area contributed by atoms with E-state index in [-0.39, 0.29) is 18.2 Å². The molecule has 1 aliphatic rings. The second-order valence-electron chi connectivity index (χ2n) is 9.18. The van der Waals surface area contributed by atoms with Crippen LogP contribution >= 0.6 is 0 Å². The summed E-state index contributed by atoms with van der Waals surface area (Å²) in [6.45, 7) is 1.12. The molecule has 0 N–H and O–H groups in total. The Bertz CT molecular complexity index is 1400. The lowest BCUT2D eigenvalue weighted by Gasteiger charge is -2.26. The number of hydrogen-bond acceptors (Lipinski definition) is 5. The number of carbonyl (C=O) groups excluding carboxylic acids is 1. The number of hydrogen-bond donors (Lipinski definition) is 0. The Hall–Kier alpha value is -4.17. The monoisotopic (exact) mass is 515 g/mol. The SMILES string of the molecule is COc1ccccc1Oc1c(CN(CC2CCCO2)C(=O)c2ccccc2F)c(-c2ccccc2)nn1C. The lowest BCUT2D eigenvalue weighted by Crippen LogP contribution is -2.37. The fourth-order valence-corrected chi connectivity index (χ4v) is 4.71. The van der Waals surface area contributed by atoms with Crippen LogP contribution < -0.4 is 9.47 Å². The number of aromatic nitrogens is 2. The van der Waals surface area contributed by atoms with E-state index in [9.17, 15) is 9.18 Å². The number of carbonyl (C=O) groups is 1. The molecule has 1 amide bonds. The van der Waals surface area contributed by atoms with Gasteiger partial charge < -0.3 is 19.1 Å². The van der Waals surface area contributed by atoms with Crippen molar-refractivity contribution in [3.8, 4) is 28.6 Å². The van der Waals surface area contributed by atoms with E-state index in [1.807, 2.05) is 54.6 Å². The van der Waals surface area contributed by atoms with Crippen LogP contribution in [0.1, 0.15) is 28.8 Å². The number of benzene rings is 3. The molecule has 1 unspecified atom stereocenters. The molecule has 196 valence electrons. The average Bonchev–Trinajstić information content (AvgIpc) is 3.57. The number of nitrogens with zero attached hydrogens (tertiary/aromatic N) is 3. The molecule has 1 aliphatic heterocycles. The summed E-state index contributed by atoms with van der Waals surface area (Å²) in [6.07, 6.45) is 1.64. The second-order valence-corrected chi connectivity index (χ2v) is 9.18. The van der Waals surface area contributed by atoms with E-state index in [2.05, 4.69) is 0 Å². The molecule has 1 fully saturated rings. The Morgan fingerprint density at radius 1 is 1.05 bits per heavy atom. The number of rotatable bonds is 9. The summed E-state index contributed by atoms with van der Waals surface area (Å²) in [4.78, 5) is 15.4. The van der Waals surface area contributed by atoms with Crippen LogP contribution in [0.15, 0.2) is 78.9 Å². The minimum atomic E-state index is -0.560. The van der Waals surface area contributed by atoms with Gasteiger partial charge in [0, 0.05) is 25.8 Å². The molecule has 0 spiro atoms. The first-order valence-corrected chi connectivity index (χ1v) is 12.6. The number of aryl methyl sites for hydroxylation is 1. The van der Waals surface area contributed by atoms with Gasteiger partial charge in [-0.2, -0.15) is 5.10 Å².